The number of anilines is 1. The molecule has 0 spiro atoms. The topological polar surface area (TPSA) is 79.4 Å². The summed E-state index contributed by atoms with van der Waals surface area (Å²) in [5.74, 6) is -0.102. The van der Waals surface area contributed by atoms with E-state index in [4.69, 9.17) is 0 Å². The molecule has 0 aliphatic rings. The lowest BCUT2D eigenvalue weighted by atomic mass is 10.2. The largest absolute Gasteiger partial charge is 0.352 e. The van der Waals surface area contributed by atoms with Crippen LogP contribution in [-0.2, 0) is 21.4 Å². The zero-order valence-electron chi connectivity index (χ0n) is 14.5. The molecule has 134 valence electrons. The second-order valence-corrected chi connectivity index (χ2v) is 7.82. The lowest BCUT2D eigenvalue weighted by molar-refractivity contribution is -0.121. The SMILES string of the molecule is Cc1cccc(N(CCCC(=O)NCc2ccncc2)S(C)(=O)=O)c1. The van der Waals surface area contributed by atoms with Gasteiger partial charge in [-0.05, 0) is 48.7 Å². The van der Waals surface area contributed by atoms with Gasteiger partial charge in [0.2, 0.25) is 15.9 Å². The van der Waals surface area contributed by atoms with Crippen LogP contribution in [0.3, 0.4) is 0 Å². The van der Waals surface area contributed by atoms with Crippen molar-refractivity contribution >= 4 is 21.6 Å². The van der Waals surface area contributed by atoms with Crippen molar-refractivity contribution in [3.8, 4) is 0 Å². The van der Waals surface area contributed by atoms with Crippen molar-refractivity contribution in [2.45, 2.75) is 26.3 Å². The predicted octanol–water partition coefficient (Wildman–Crippen LogP) is 2.25. The van der Waals surface area contributed by atoms with Gasteiger partial charge in [-0.1, -0.05) is 12.1 Å². The van der Waals surface area contributed by atoms with Crippen molar-refractivity contribution in [2.24, 2.45) is 0 Å². The molecule has 0 aliphatic carbocycles. The molecule has 0 fully saturated rings. The second kappa shape index (κ2) is 8.62. The number of aromatic nitrogens is 1. The maximum atomic E-state index is 12.0. The summed E-state index contributed by atoms with van der Waals surface area (Å²) in [4.78, 5) is 15.9. The molecule has 2 aromatic rings. The fraction of sp³-hybridized carbons (Fsp3) is 0.333. The maximum absolute atomic E-state index is 12.0. The first kappa shape index (κ1) is 18.9. The van der Waals surface area contributed by atoms with Crippen LogP contribution in [0.15, 0.2) is 48.8 Å². The molecule has 1 heterocycles. The number of benzene rings is 1. The smallest absolute Gasteiger partial charge is 0.232 e. The first-order valence-electron chi connectivity index (χ1n) is 8.06. The fourth-order valence-corrected chi connectivity index (χ4v) is 3.40. The van der Waals surface area contributed by atoms with Crippen LogP contribution in [0.2, 0.25) is 0 Å². The van der Waals surface area contributed by atoms with Crippen LogP contribution >= 0.6 is 0 Å². The number of nitrogens with zero attached hydrogens (tertiary/aromatic N) is 2. The van der Waals surface area contributed by atoms with E-state index in [1.165, 1.54) is 10.6 Å². The molecule has 1 N–H and O–H groups in total. The maximum Gasteiger partial charge on any atom is 0.232 e. The van der Waals surface area contributed by atoms with Gasteiger partial charge in [0.15, 0.2) is 0 Å². The number of hydrogen-bond donors (Lipinski definition) is 1. The third-order valence-electron chi connectivity index (χ3n) is 3.69. The van der Waals surface area contributed by atoms with Crippen molar-refractivity contribution in [2.75, 3.05) is 17.1 Å². The summed E-state index contributed by atoms with van der Waals surface area (Å²) >= 11 is 0. The van der Waals surface area contributed by atoms with Gasteiger partial charge in [0.25, 0.3) is 0 Å². The molecule has 7 heteroatoms. The highest BCUT2D eigenvalue weighted by Gasteiger charge is 2.17. The van der Waals surface area contributed by atoms with E-state index in [1.54, 1.807) is 18.5 Å². The van der Waals surface area contributed by atoms with Crippen LogP contribution in [0, 0.1) is 6.92 Å². The van der Waals surface area contributed by atoms with E-state index in [0.29, 0.717) is 18.7 Å². The van der Waals surface area contributed by atoms with Crippen LogP contribution in [-0.4, -0.2) is 32.1 Å². The highest BCUT2D eigenvalue weighted by molar-refractivity contribution is 7.92. The number of nitrogens with one attached hydrogen (secondary N) is 1. The number of pyridine rings is 1. The van der Waals surface area contributed by atoms with Gasteiger partial charge in [0.1, 0.15) is 0 Å². The summed E-state index contributed by atoms with van der Waals surface area (Å²) in [6.45, 7) is 2.62. The quantitative estimate of drug-likeness (QED) is 0.782. The molecule has 6 nitrogen and oxygen atoms in total. The van der Waals surface area contributed by atoms with Gasteiger partial charge >= 0.3 is 0 Å². The predicted molar refractivity (Wildman–Crippen MR) is 98.7 cm³/mol. The van der Waals surface area contributed by atoms with E-state index in [1.807, 2.05) is 37.3 Å². The molecule has 0 saturated heterocycles. The van der Waals surface area contributed by atoms with Crippen molar-refractivity contribution in [3.05, 3.63) is 59.9 Å². The van der Waals surface area contributed by atoms with Gasteiger partial charge < -0.3 is 5.32 Å². The van der Waals surface area contributed by atoms with Gasteiger partial charge in [-0.3, -0.25) is 14.1 Å². The molecule has 0 aliphatic heterocycles. The molecule has 0 saturated carbocycles. The zero-order chi connectivity index (χ0) is 18.3. The number of amides is 1. The number of carbonyl (C=O) groups is 1. The molecular weight excluding hydrogens is 338 g/mol. The van der Waals surface area contributed by atoms with Crippen molar-refractivity contribution in [3.63, 3.8) is 0 Å². The third-order valence-corrected chi connectivity index (χ3v) is 4.89. The number of aryl methyl sites for hydroxylation is 1. The van der Waals surface area contributed by atoms with Crippen molar-refractivity contribution in [1.82, 2.24) is 10.3 Å². The van der Waals surface area contributed by atoms with Gasteiger partial charge in [-0.2, -0.15) is 0 Å². The van der Waals surface area contributed by atoms with E-state index >= 15 is 0 Å². The Morgan fingerprint density at radius 2 is 1.92 bits per heavy atom. The first-order chi connectivity index (χ1) is 11.9. The summed E-state index contributed by atoms with van der Waals surface area (Å²) < 4.78 is 25.4. The molecule has 1 amide bonds. The molecule has 0 radical (unpaired) electrons. The summed E-state index contributed by atoms with van der Waals surface area (Å²) in [6, 6.07) is 11.0. The Morgan fingerprint density at radius 3 is 2.56 bits per heavy atom. The van der Waals surface area contributed by atoms with E-state index < -0.39 is 10.0 Å². The minimum atomic E-state index is -3.39. The van der Waals surface area contributed by atoms with E-state index in [-0.39, 0.29) is 18.9 Å². The zero-order valence-corrected chi connectivity index (χ0v) is 15.3. The minimum absolute atomic E-state index is 0.102. The van der Waals surface area contributed by atoms with E-state index in [2.05, 4.69) is 10.3 Å². The van der Waals surface area contributed by atoms with Gasteiger partial charge in [-0.15, -0.1) is 0 Å². The van der Waals surface area contributed by atoms with Gasteiger partial charge in [0, 0.05) is 31.9 Å². The van der Waals surface area contributed by atoms with Gasteiger partial charge in [0.05, 0.1) is 11.9 Å². The van der Waals surface area contributed by atoms with Gasteiger partial charge in [-0.25, -0.2) is 8.42 Å². The fourth-order valence-electron chi connectivity index (χ4n) is 2.44. The number of hydrogen-bond acceptors (Lipinski definition) is 4. The number of rotatable bonds is 8. The summed E-state index contributed by atoms with van der Waals surface area (Å²) in [6.07, 6.45) is 5.24. The Bertz CT molecular complexity index is 807. The van der Waals surface area contributed by atoms with Crippen LogP contribution < -0.4 is 9.62 Å². The summed E-state index contributed by atoms with van der Waals surface area (Å²) in [5, 5.41) is 2.83. The van der Waals surface area contributed by atoms with E-state index in [9.17, 15) is 13.2 Å². The molecule has 0 unspecified atom stereocenters. The summed E-state index contributed by atoms with van der Waals surface area (Å²) in [5.41, 5.74) is 2.59. The van der Waals surface area contributed by atoms with Crippen LogP contribution in [0.4, 0.5) is 5.69 Å². The first-order valence-corrected chi connectivity index (χ1v) is 9.91. The molecule has 1 aromatic carbocycles. The monoisotopic (exact) mass is 361 g/mol. The Morgan fingerprint density at radius 1 is 1.20 bits per heavy atom. The van der Waals surface area contributed by atoms with Crippen LogP contribution in [0.1, 0.15) is 24.0 Å². The standard InChI is InChI=1S/C18H23N3O3S/c1-15-5-3-6-17(13-15)21(25(2,23)24)12-4-7-18(22)20-14-16-8-10-19-11-9-16/h3,5-6,8-11,13H,4,7,12,14H2,1-2H3,(H,20,22). The highest BCUT2D eigenvalue weighted by Crippen LogP contribution is 2.19. The molecular formula is C18H23N3O3S. The number of sulfonamides is 1. The van der Waals surface area contributed by atoms with Crippen molar-refractivity contribution in [1.29, 1.82) is 0 Å². The third kappa shape index (κ3) is 6.19. The Labute approximate surface area is 148 Å². The Kier molecular flexibility index (Phi) is 6.52. The van der Waals surface area contributed by atoms with E-state index in [0.717, 1.165) is 11.1 Å². The number of carbonyl (C=O) groups excluding carboxylic acids is 1. The lowest BCUT2D eigenvalue weighted by Crippen LogP contribution is -2.32. The van der Waals surface area contributed by atoms with Crippen LogP contribution in [0.25, 0.3) is 0 Å². The average molecular weight is 361 g/mol. The normalized spacial score (nSPS) is 11.1. The minimum Gasteiger partial charge on any atom is -0.352 e. The molecule has 25 heavy (non-hydrogen) atoms. The average Bonchev–Trinajstić information content (AvgIpc) is 2.56. The second-order valence-electron chi connectivity index (χ2n) is 5.91. The molecule has 0 atom stereocenters. The molecule has 0 bridgehead atoms. The molecule has 1 aromatic heterocycles. The summed E-state index contributed by atoms with van der Waals surface area (Å²) in [7, 11) is -3.39. The Balaban J connectivity index is 1.87. The molecule has 2 rings (SSSR count). The highest BCUT2D eigenvalue weighted by atomic mass is 32.2. The van der Waals surface area contributed by atoms with Crippen LogP contribution in [0.5, 0.6) is 0 Å². The Hall–Kier alpha value is -2.41. The lowest BCUT2D eigenvalue weighted by Gasteiger charge is -2.22. The van der Waals surface area contributed by atoms with Crippen molar-refractivity contribution < 1.29 is 13.2 Å².